The number of hydrogen-bond donors (Lipinski definition) is 8. The number of aliphatic hydroxyl groups excluding tert-OH is 4. The van der Waals surface area contributed by atoms with E-state index in [2.05, 4.69) is 41.3 Å². The third kappa shape index (κ3) is 8.98. The van der Waals surface area contributed by atoms with E-state index in [1.807, 2.05) is 0 Å². The van der Waals surface area contributed by atoms with Crippen molar-refractivity contribution in [3.05, 3.63) is 12.7 Å². The molecule has 9 atom stereocenters. The van der Waals surface area contributed by atoms with E-state index in [0.29, 0.717) is 23.5 Å². The zero-order valence-corrected chi connectivity index (χ0v) is 25.4. The van der Waals surface area contributed by atoms with Gasteiger partial charge in [0.1, 0.15) is 24.6 Å². The van der Waals surface area contributed by atoms with Crippen molar-refractivity contribution in [2.45, 2.75) is 88.2 Å². The van der Waals surface area contributed by atoms with Gasteiger partial charge in [-0.05, 0) is 6.42 Å². The summed E-state index contributed by atoms with van der Waals surface area (Å²) >= 11 is 0. The lowest BCUT2D eigenvalue weighted by Crippen LogP contribution is -2.36. The lowest BCUT2D eigenvalue weighted by atomic mass is 10.1. The molecule has 244 valence electrons. The fourth-order valence-electron chi connectivity index (χ4n) is 4.84. The molecule has 20 heteroatoms. The molecule has 2 saturated heterocycles. The van der Waals surface area contributed by atoms with Gasteiger partial charge in [0.05, 0.1) is 37.8 Å². The molecule has 2 aliphatic rings. The van der Waals surface area contributed by atoms with Crippen LogP contribution < -0.4 is 10.6 Å². The molecule has 18 nitrogen and oxygen atoms in total. The van der Waals surface area contributed by atoms with Crippen molar-refractivity contribution in [2.75, 3.05) is 31.6 Å². The SMILES string of the molecule is CCCCCCCCNc1ncnc2c1ncn2[C@@H]1O[C@H](COP(=O)(O)OP(=O)(O)OC[C@H]2NC[C@H](O)[C@@H]2O)[C@@H](O)[C@H]1O. The predicted molar refractivity (Wildman–Crippen MR) is 150 cm³/mol. The average molecular weight is 655 g/mol. The van der Waals surface area contributed by atoms with Crippen molar-refractivity contribution < 1.29 is 57.4 Å². The maximum atomic E-state index is 12.3. The fraction of sp³-hybridized carbons (Fsp3) is 0.783. The number of aliphatic hydroxyl groups is 4. The van der Waals surface area contributed by atoms with Gasteiger partial charge in [0.25, 0.3) is 0 Å². The van der Waals surface area contributed by atoms with Gasteiger partial charge in [-0.25, -0.2) is 24.1 Å². The van der Waals surface area contributed by atoms with Gasteiger partial charge in [-0.2, -0.15) is 4.31 Å². The Morgan fingerprint density at radius 2 is 1.67 bits per heavy atom. The van der Waals surface area contributed by atoms with Crippen LogP contribution in [0.4, 0.5) is 5.82 Å². The fourth-order valence-corrected chi connectivity index (χ4v) is 6.94. The highest BCUT2D eigenvalue weighted by Crippen LogP contribution is 2.60. The molecule has 4 rings (SSSR count). The van der Waals surface area contributed by atoms with Gasteiger partial charge in [-0.15, -0.1) is 0 Å². The second-order valence-corrected chi connectivity index (χ2v) is 13.5. The molecule has 0 bridgehead atoms. The Morgan fingerprint density at radius 3 is 2.37 bits per heavy atom. The van der Waals surface area contributed by atoms with Crippen LogP contribution in [-0.2, 0) is 27.2 Å². The summed E-state index contributed by atoms with van der Waals surface area (Å²) in [6, 6.07) is -0.921. The molecule has 2 aromatic heterocycles. The minimum absolute atomic E-state index is 0.0169. The number of anilines is 1. The molecule has 2 aliphatic heterocycles. The van der Waals surface area contributed by atoms with E-state index in [0.717, 1.165) is 19.3 Å². The first kappa shape index (κ1) is 34.2. The van der Waals surface area contributed by atoms with Crippen LogP contribution in [0.1, 0.15) is 51.7 Å². The van der Waals surface area contributed by atoms with Crippen LogP contribution in [0.25, 0.3) is 11.2 Å². The number of phosphoric ester groups is 2. The molecule has 0 radical (unpaired) electrons. The van der Waals surface area contributed by atoms with Crippen LogP contribution in [0.5, 0.6) is 0 Å². The number of nitrogens with zero attached hydrogens (tertiary/aromatic N) is 4. The Hall–Kier alpha value is -1.63. The van der Waals surface area contributed by atoms with Gasteiger partial charge >= 0.3 is 15.6 Å². The third-order valence-electron chi connectivity index (χ3n) is 7.21. The number of imidazole rings is 1. The number of rotatable bonds is 17. The molecule has 0 aliphatic carbocycles. The molecular weight excluding hydrogens is 614 g/mol. The summed E-state index contributed by atoms with van der Waals surface area (Å²) in [7, 11) is -10.4. The maximum Gasteiger partial charge on any atom is 0.481 e. The highest BCUT2D eigenvalue weighted by Gasteiger charge is 2.46. The van der Waals surface area contributed by atoms with Crippen LogP contribution in [0.2, 0.25) is 0 Å². The van der Waals surface area contributed by atoms with Crippen molar-refractivity contribution in [1.29, 1.82) is 0 Å². The molecule has 8 N–H and O–H groups in total. The van der Waals surface area contributed by atoms with Gasteiger partial charge in [-0.1, -0.05) is 39.0 Å². The standard InChI is InChI=1S/C23H40N6O12P2/c1-2-3-4-5-6-7-8-24-21-17-22(27-12-26-21)29(13-28-17)23-20(33)19(32)16(40-23)11-39-43(36,37)41-42(34,35)38-10-14-18(31)15(30)9-25-14/h12-16,18-20,23,25,30-33H,2-11H2,1H3,(H,34,35)(H,36,37)(H,24,26,27)/t14-,15+,16-,18-,19-,20-,23-/m1/s1. The Morgan fingerprint density at radius 1 is 0.977 bits per heavy atom. The first-order valence-corrected chi connectivity index (χ1v) is 17.1. The summed E-state index contributed by atoms with van der Waals surface area (Å²) in [4.78, 5) is 32.6. The smallest absolute Gasteiger partial charge is 0.389 e. The van der Waals surface area contributed by atoms with Crippen LogP contribution >= 0.6 is 15.6 Å². The monoisotopic (exact) mass is 654 g/mol. The normalized spacial score (nSPS) is 30.4. The van der Waals surface area contributed by atoms with E-state index in [1.165, 1.54) is 36.5 Å². The van der Waals surface area contributed by atoms with Crippen LogP contribution in [0, 0.1) is 0 Å². The lowest BCUT2D eigenvalue weighted by Gasteiger charge is -2.21. The van der Waals surface area contributed by atoms with Crippen LogP contribution in [-0.4, -0.2) is 113 Å². The summed E-state index contributed by atoms with van der Waals surface area (Å²) in [5, 5.41) is 46.4. The Labute approximate surface area is 247 Å². The maximum absolute atomic E-state index is 12.3. The number of ether oxygens (including phenoxy) is 1. The molecule has 0 amide bonds. The zero-order chi connectivity index (χ0) is 31.2. The van der Waals surface area contributed by atoms with E-state index < -0.39 is 71.6 Å². The molecule has 2 fully saturated rings. The van der Waals surface area contributed by atoms with E-state index in [1.54, 1.807) is 0 Å². The van der Waals surface area contributed by atoms with E-state index in [4.69, 9.17) is 9.26 Å². The van der Waals surface area contributed by atoms with Gasteiger partial charge in [-0.3, -0.25) is 13.6 Å². The Bertz CT molecular complexity index is 1290. The van der Waals surface area contributed by atoms with E-state index in [9.17, 15) is 39.3 Å². The van der Waals surface area contributed by atoms with Crippen LogP contribution in [0.3, 0.4) is 0 Å². The predicted octanol–water partition coefficient (Wildman–Crippen LogP) is 0.162. The summed E-state index contributed by atoms with van der Waals surface area (Å²) in [6.07, 6.45) is 1.41. The van der Waals surface area contributed by atoms with Crippen molar-refractivity contribution >= 4 is 32.6 Å². The van der Waals surface area contributed by atoms with Gasteiger partial charge in [0.15, 0.2) is 23.2 Å². The molecule has 2 unspecified atom stereocenters. The van der Waals surface area contributed by atoms with Gasteiger partial charge in [0.2, 0.25) is 0 Å². The largest absolute Gasteiger partial charge is 0.481 e. The highest BCUT2D eigenvalue weighted by molar-refractivity contribution is 7.61. The van der Waals surface area contributed by atoms with Gasteiger partial charge < -0.3 is 45.6 Å². The minimum Gasteiger partial charge on any atom is -0.389 e. The highest BCUT2D eigenvalue weighted by atomic mass is 31.3. The number of aromatic nitrogens is 4. The Balaban J connectivity index is 1.31. The third-order valence-corrected chi connectivity index (χ3v) is 9.82. The molecule has 0 spiro atoms. The number of nitrogens with one attached hydrogen (secondary N) is 2. The topological polar surface area (TPSA) is 260 Å². The molecule has 4 heterocycles. The summed E-state index contributed by atoms with van der Waals surface area (Å²) in [6.45, 7) is 1.43. The zero-order valence-electron chi connectivity index (χ0n) is 23.6. The van der Waals surface area contributed by atoms with Crippen LogP contribution in [0.15, 0.2) is 12.7 Å². The lowest BCUT2D eigenvalue weighted by molar-refractivity contribution is -0.0504. The van der Waals surface area contributed by atoms with Gasteiger partial charge in [0, 0.05) is 13.1 Å². The number of unbranched alkanes of at least 4 members (excludes halogenated alkanes) is 5. The van der Waals surface area contributed by atoms with Crippen molar-refractivity contribution in [3.8, 4) is 0 Å². The quantitative estimate of drug-likeness (QED) is 0.0834. The number of β-amino-alcohol motifs (C(OH)–C–C–N with tert-alkyl or cyclic N) is 1. The van der Waals surface area contributed by atoms with E-state index >= 15 is 0 Å². The average Bonchev–Trinajstić information content (AvgIpc) is 3.61. The van der Waals surface area contributed by atoms with E-state index in [-0.39, 0.29) is 6.54 Å². The number of hydrogen-bond acceptors (Lipinski definition) is 15. The Kier molecular flexibility index (Phi) is 12.0. The molecule has 2 aromatic rings. The van der Waals surface area contributed by atoms with Crippen molar-refractivity contribution in [3.63, 3.8) is 0 Å². The molecule has 43 heavy (non-hydrogen) atoms. The second kappa shape index (κ2) is 15.1. The molecular formula is C23H40N6O12P2. The van der Waals surface area contributed by atoms with Crippen molar-refractivity contribution in [1.82, 2.24) is 24.8 Å². The number of phosphoric acid groups is 2. The first-order chi connectivity index (χ1) is 20.4. The van der Waals surface area contributed by atoms with Crippen molar-refractivity contribution in [2.24, 2.45) is 0 Å². The molecule has 0 saturated carbocycles. The second-order valence-electron chi connectivity index (χ2n) is 10.5. The summed E-state index contributed by atoms with van der Waals surface area (Å²) < 4.78 is 45.2. The number of fused-ring (bicyclic) bond motifs is 1. The first-order valence-electron chi connectivity index (χ1n) is 14.1. The molecule has 0 aromatic carbocycles. The summed E-state index contributed by atoms with van der Waals surface area (Å²) in [5.41, 5.74) is 0.724. The summed E-state index contributed by atoms with van der Waals surface area (Å²) in [5.74, 6) is 0.494. The minimum atomic E-state index is -5.24.